The van der Waals surface area contributed by atoms with Crippen LogP contribution in [0.25, 0.3) is 66.1 Å². The molecule has 64 heavy (non-hydrogen) atoms. The van der Waals surface area contributed by atoms with E-state index in [1.54, 1.807) is 0 Å². The Bertz CT molecular complexity index is 3420. The van der Waals surface area contributed by atoms with E-state index < -0.39 is 5.41 Å². The summed E-state index contributed by atoms with van der Waals surface area (Å²) in [4.78, 5) is 2.46. The summed E-state index contributed by atoms with van der Waals surface area (Å²) < 4.78 is 0. The first-order valence-corrected chi connectivity index (χ1v) is 22.2. The number of hydrogen-bond donors (Lipinski definition) is 0. The van der Waals surface area contributed by atoms with E-state index in [2.05, 4.69) is 266 Å². The van der Waals surface area contributed by atoms with E-state index >= 15 is 0 Å². The predicted molar refractivity (Wildman–Crippen MR) is 270 cm³/mol. The molecule has 0 N–H and O–H groups in total. The Labute approximate surface area is 374 Å². The van der Waals surface area contributed by atoms with Crippen LogP contribution >= 0.6 is 0 Å². The van der Waals surface area contributed by atoms with Crippen molar-refractivity contribution in [2.24, 2.45) is 0 Å². The first kappa shape index (κ1) is 37.5. The minimum atomic E-state index is -0.505. The summed E-state index contributed by atoms with van der Waals surface area (Å²) in [6.45, 7) is 0. The van der Waals surface area contributed by atoms with Gasteiger partial charge in [-0.2, -0.15) is 0 Å². The Morgan fingerprint density at radius 1 is 0.281 bits per heavy atom. The maximum atomic E-state index is 2.46. The quantitative estimate of drug-likeness (QED) is 0.148. The average Bonchev–Trinajstić information content (AvgIpc) is 3.69. The molecule has 0 fully saturated rings. The zero-order chi connectivity index (χ0) is 42.5. The molecule has 0 aromatic heterocycles. The molecule has 1 aliphatic rings. The van der Waals surface area contributed by atoms with E-state index in [1.807, 2.05) is 0 Å². The number of benzene rings is 11. The van der Waals surface area contributed by atoms with Crippen LogP contribution in [-0.4, -0.2) is 0 Å². The van der Waals surface area contributed by atoms with E-state index in [-0.39, 0.29) is 0 Å². The highest BCUT2D eigenvalue weighted by molar-refractivity contribution is 6.01. The molecular weight excluding hydrogens is 771 g/mol. The highest BCUT2D eigenvalue weighted by Crippen LogP contribution is 2.59. The molecule has 0 bridgehead atoms. The fourth-order valence-corrected chi connectivity index (χ4v) is 10.5. The van der Waals surface area contributed by atoms with Crippen molar-refractivity contribution in [3.05, 3.63) is 283 Å². The van der Waals surface area contributed by atoms with Gasteiger partial charge in [0.25, 0.3) is 0 Å². The number of fused-ring (bicyclic) bond motifs is 5. The van der Waals surface area contributed by atoms with Gasteiger partial charge in [-0.1, -0.05) is 224 Å². The fraction of sp³-hybridized carbons (Fsp3) is 0.0159. The predicted octanol–water partition coefficient (Wildman–Crippen LogP) is 16.8. The molecule has 0 radical (unpaired) electrons. The van der Waals surface area contributed by atoms with Crippen molar-refractivity contribution >= 4 is 38.6 Å². The second kappa shape index (κ2) is 15.6. The molecule has 0 saturated carbocycles. The van der Waals surface area contributed by atoms with Crippen LogP contribution in [0, 0.1) is 0 Å². The Hall–Kier alpha value is -8.26. The summed E-state index contributed by atoms with van der Waals surface area (Å²) in [6.07, 6.45) is 0. The highest BCUT2D eigenvalue weighted by Gasteiger charge is 2.47. The number of rotatable bonds is 8. The van der Waals surface area contributed by atoms with Crippen molar-refractivity contribution in [1.29, 1.82) is 0 Å². The SMILES string of the molecule is c1ccc(-c2cccc3cc(-c4ccc(N(c5ccc(-c6cccc7ccccc67)cc5)c5cccc6c5-c5ccccc5C6(c5ccccc5)c5ccccc5)cc4)ccc23)cc1. The lowest BCUT2D eigenvalue weighted by molar-refractivity contribution is 0.768. The Morgan fingerprint density at radius 3 is 1.44 bits per heavy atom. The van der Waals surface area contributed by atoms with E-state index in [0.29, 0.717) is 0 Å². The van der Waals surface area contributed by atoms with Gasteiger partial charge in [0, 0.05) is 16.9 Å². The third-order valence-electron chi connectivity index (χ3n) is 13.4. The molecule has 0 aliphatic heterocycles. The van der Waals surface area contributed by atoms with Gasteiger partial charge in [0.1, 0.15) is 0 Å². The normalized spacial score (nSPS) is 12.5. The summed E-state index contributed by atoms with van der Waals surface area (Å²) in [7, 11) is 0. The van der Waals surface area contributed by atoms with Crippen LogP contribution in [0.1, 0.15) is 22.3 Å². The molecule has 11 aromatic rings. The van der Waals surface area contributed by atoms with E-state index in [1.165, 1.54) is 88.3 Å². The standard InChI is InChI=1S/C63H43N/c1-4-17-45(18-5-1)55-29-15-21-49-43-48(37-42-57(49)55)44-33-38-52(39-34-44)64(53-40-35-47(36-41-53)56-28-14-20-46-19-10-11-26-54(46)56)61-32-16-31-60-62(61)58-27-12-13-30-59(58)63(60,50-22-6-2-7-23-50)51-24-8-3-9-25-51/h1-43H. The summed E-state index contributed by atoms with van der Waals surface area (Å²) in [5.74, 6) is 0. The summed E-state index contributed by atoms with van der Waals surface area (Å²) in [5, 5.41) is 4.99. The third kappa shape index (κ3) is 6.08. The second-order valence-corrected chi connectivity index (χ2v) is 16.8. The van der Waals surface area contributed by atoms with Gasteiger partial charge in [-0.05, 0) is 119 Å². The lowest BCUT2D eigenvalue weighted by Gasteiger charge is -2.34. The molecule has 11 aromatic carbocycles. The first-order chi connectivity index (χ1) is 31.8. The zero-order valence-corrected chi connectivity index (χ0v) is 35.3. The Balaban J connectivity index is 1.03. The Morgan fingerprint density at radius 2 is 0.750 bits per heavy atom. The molecule has 0 saturated heterocycles. The molecule has 0 atom stereocenters. The largest absolute Gasteiger partial charge is 0.310 e. The smallest absolute Gasteiger partial charge is 0.0714 e. The van der Waals surface area contributed by atoms with Gasteiger partial charge < -0.3 is 4.90 Å². The van der Waals surface area contributed by atoms with E-state index in [4.69, 9.17) is 0 Å². The maximum Gasteiger partial charge on any atom is 0.0714 e. The fourth-order valence-electron chi connectivity index (χ4n) is 10.5. The zero-order valence-electron chi connectivity index (χ0n) is 35.3. The average molecular weight is 814 g/mol. The van der Waals surface area contributed by atoms with Crippen LogP contribution in [-0.2, 0) is 5.41 Å². The van der Waals surface area contributed by atoms with E-state index in [9.17, 15) is 0 Å². The molecule has 1 heteroatoms. The molecule has 0 heterocycles. The van der Waals surface area contributed by atoms with Gasteiger partial charge in [0.2, 0.25) is 0 Å². The van der Waals surface area contributed by atoms with Crippen molar-refractivity contribution in [1.82, 2.24) is 0 Å². The second-order valence-electron chi connectivity index (χ2n) is 16.8. The molecule has 0 amide bonds. The molecule has 1 aliphatic carbocycles. The van der Waals surface area contributed by atoms with Gasteiger partial charge in [-0.15, -0.1) is 0 Å². The van der Waals surface area contributed by atoms with Crippen LogP contribution in [0.4, 0.5) is 17.1 Å². The van der Waals surface area contributed by atoms with Crippen LogP contribution in [0.3, 0.4) is 0 Å². The van der Waals surface area contributed by atoms with Gasteiger partial charge in [-0.25, -0.2) is 0 Å². The topological polar surface area (TPSA) is 3.24 Å². The van der Waals surface area contributed by atoms with Crippen molar-refractivity contribution < 1.29 is 0 Å². The third-order valence-corrected chi connectivity index (χ3v) is 13.4. The van der Waals surface area contributed by atoms with Crippen molar-refractivity contribution in [3.63, 3.8) is 0 Å². The molecule has 0 spiro atoms. The van der Waals surface area contributed by atoms with Crippen molar-refractivity contribution in [3.8, 4) is 44.5 Å². The van der Waals surface area contributed by atoms with Gasteiger partial charge in [0.15, 0.2) is 0 Å². The monoisotopic (exact) mass is 813 g/mol. The number of anilines is 3. The molecule has 0 unspecified atom stereocenters. The lowest BCUT2D eigenvalue weighted by Crippen LogP contribution is -2.28. The number of nitrogens with zero attached hydrogens (tertiary/aromatic N) is 1. The highest BCUT2D eigenvalue weighted by atomic mass is 15.1. The Kier molecular flexibility index (Phi) is 9.13. The van der Waals surface area contributed by atoms with Crippen molar-refractivity contribution in [2.45, 2.75) is 5.41 Å². The number of hydrogen-bond acceptors (Lipinski definition) is 1. The van der Waals surface area contributed by atoms with Gasteiger partial charge >= 0.3 is 0 Å². The van der Waals surface area contributed by atoms with E-state index in [0.717, 1.165) is 17.1 Å². The minimum Gasteiger partial charge on any atom is -0.310 e. The summed E-state index contributed by atoms with van der Waals surface area (Å²) in [6, 6.07) is 95.8. The van der Waals surface area contributed by atoms with Crippen LogP contribution in [0.2, 0.25) is 0 Å². The minimum absolute atomic E-state index is 0.505. The lowest BCUT2D eigenvalue weighted by atomic mass is 9.68. The van der Waals surface area contributed by atoms with Gasteiger partial charge in [-0.3, -0.25) is 0 Å². The van der Waals surface area contributed by atoms with Crippen LogP contribution in [0.5, 0.6) is 0 Å². The summed E-state index contributed by atoms with van der Waals surface area (Å²) in [5.41, 5.74) is 17.7. The van der Waals surface area contributed by atoms with Crippen molar-refractivity contribution in [2.75, 3.05) is 4.90 Å². The molecular formula is C63H43N. The van der Waals surface area contributed by atoms with Crippen LogP contribution in [0.15, 0.2) is 261 Å². The maximum absolute atomic E-state index is 2.46. The summed E-state index contributed by atoms with van der Waals surface area (Å²) >= 11 is 0. The molecule has 1 nitrogen and oxygen atoms in total. The first-order valence-electron chi connectivity index (χ1n) is 22.2. The molecule has 300 valence electrons. The van der Waals surface area contributed by atoms with Crippen LogP contribution < -0.4 is 4.90 Å². The molecule has 12 rings (SSSR count). The van der Waals surface area contributed by atoms with Gasteiger partial charge in [0.05, 0.1) is 11.1 Å².